The van der Waals surface area contributed by atoms with Gasteiger partial charge in [-0.05, 0) is 6.07 Å². The van der Waals surface area contributed by atoms with E-state index in [0.29, 0.717) is 6.07 Å². The maximum Gasteiger partial charge on any atom is 0.422 e. The highest BCUT2D eigenvalue weighted by atomic mass is 35.5. The molecule has 0 spiro atoms. The number of rotatable bonds is 1. The van der Waals surface area contributed by atoms with E-state index in [9.17, 15) is 23.2 Å². The summed E-state index contributed by atoms with van der Waals surface area (Å²) in [6.07, 6.45) is -4.30. The Hall–Kier alpha value is -1.30. The minimum atomic E-state index is -4.66. The van der Waals surface area contributed by atoms with Crippen LogP contribution in [0.1, 0.15) is 16.1 Å². The van der Waals surface area contributed by atoms with Crippen LogP contribution >= 0.6 is 11.6 Å². The quantitative estimate of drug-likeness (QED) is 0.416. The van der Waals surface area contributed by atoms with Gasteiger partial charge in [0.1, 0.15) is 10.6 Å². The third-order valence-electron chi connectivity index (χ3n) is 1.46. The first-order valence-corrected chi connectivity index (χ1v) is 3.69. The summed E-state index contributed by atoms with van der Waals surface area (Å²) in [7, 11) is 0. The normalized spacial score (nSPS) is 11.4. The predicted octanol–water partition coefficient (Wildman–Crippen LogP) is 1.80. The smallest absolute Gasteiger partial charge is 0.422 e. The summed E-state index contributed by atoms with van der Waals surface area (Å²) in [6, 6.07) is 0.527. The molecule has 0 saturated heterocycles. The number of carbonyl (C=O) groups is 1. The molecule has 1 heterocycles. The van der Waals surface area contributed by atoms with Gasteiger partial charge in [0.15, 0.2) is 6.20 Å². The van der Waals surface area contributed by atoms with Crippen molar-refractivity contribution in [3.8, 4) is 0 Å². The molecule has 76 valence electrons. The second-order valence-electron chi connectivity index (χ2n) is 2.40. The average molecular weight is 226 g/mol. The maximum atomic E-state index is 12.1. The fraction of sp³-hybridized carbons (Fsp3) is 0.143. The van der Waals surface area contributed by atoms with Crippen molar-refractivity contribution in [1.29, 1.82) is 0 Å². The molecule has 0 aliphatic heterocycles. The third-order valence-corrected chi connectivity index (χ3v) is 1.76. The first kappa shape index (κ1) is 10.8. The van der Waals surface area contributed by atoms with E-state index in [1.165, 1.54) is 0 Å². The van der Waals surface area contributed by atoms with Gasteiger partial charge in [-0.3, -0.25) is 4.79 Å². The second kappa shape index (κ2) is 3.45. The Kier molecular flexibility index (Phi) is 2.66. The fourth-order valence-electron chi connectivity index (χ4n) is 0.812. The highest BCUT2D eigenvalue weighted by Gasteiger charge is 2.34. The summed E-state index contributed by atoms with van der Waals surface area (Å²) in [6.45, 7) is 0. The lowest BCUT2D eigenvalue weighted by atomic mass is 10.2. The molecule has 0 fully saturated rings. The number of pyridine rings is 1. The molecule has 0 saturated carbocycles. The standard InChI is InChI=1S/C7H3ClF3NO2/c8-5-1-4(7(9,10)11)2-12(14)6(5)3-13/h1-3H. The first-order valence-electron chi connectivity index (χ1n) is 3.31. The highest BCUT2D eigenvalue weighted by molar-refractivity contribution is 6.32. The van der Waals surface area contributed by atoms with Crippen LogP contribution in [0.5, 0.6) is 0 Å². The molecule has 0 atom stereocenters. The number of carbonyl (C=O) groups excluding carboxylic acids is 1. The van der Waals surface area contributed by atoms with Crippen molar-refractivity contribution in [3.05, 3.63) is 33.8 Å². The maximum absolute atomic E-state index is 12.1. The summed E-state index contributed by atoms with van der Waals surface area (Å²) < 4.78 is 36.0. The summed E-state index contributed by atoms with van der Waals surface area (Å²) in [5, 5.41) is 10.3. The SMILES string of the molecule is O=Cc1c(Cl)cc(C(F)(F)F)c[n+]1[O-]. The molecule has 14 heavy (non-hydrogen) atoms. The lowest BCUT2D eigenvalue weighted by molar-refractivity contribution is -0.608. The van der Waals surface area contributed by atoms with Crippen LogP contribution < -0.4 is 4.73 Å². The molecule has 0 N–H and O–H groups in total. The van der Waals surface area contributed by atoms with Gasteiger partial charge in [0.2, 0.25) is 6.29 Å². The number of aldehydes is 1. The van der Waals surface area contributed by atoms with Crippen LogP contribution in [0.3, 0.4) is 0 Å². The third kappa shape index (κ3) is 1.95. The zero-order valence-corrected chi connectivity index (χ0v) is 7.26. The summed E-state index contributed by atoms with van der Waals surface area (Å²) in [4.78, 5) is 10.2. The van der Waals surface area contributed by atoms with E-state index in [4.69, 9.17) is 11.6 Å². The molecule has 1 aromatic rings. The monoisotopic (exact) mass is 225 g/mol. The van der Waals surface area contributed by atoms with Crippen molar-refractivity contribution < 1.29 is 22.7 Å². The van der Waals surface area contributed by atoms with Gasteiger partial charge in [0.25, 0.3) is 5.69 Å². The van der Waals surface area contributed by atoms with Crippen molar-refractivity contribution in [2.75, 3.05) is 0 Å². The van der Waals surface area contributed by atoms with Gasteiger partial charge in [-0.2, -0.15) is 17.9 Å². The van der Waals surface area contributed by atoms with E-state index in [2.05, 4.69) is 0 Å². The van der Waals surface area contributed by atoms with Gasteiger partial charge < -0.3 is 5.21 Å². The van der Waals surface area contributed by atoms with Crippen molar-refractivity contribution in [1.82, 2.24) is 0 Å². The molecule has 7 heteroatoms. The average Bonchev–Trinajstić information content (AvgIpc) is 2.01. The van der Waals surface area contributed by atoms with Crippen LogP contribution in [0.25, 0.3) is 0 Å². The Morgan fingerprint density at radius 3 is 2.43 bits per heavy atom. The molecule has 0 aliphatic carbocycles. The molecule has 0 bridgehead atoms. The van der Waals surface area contributed by atoms with Crippen molar-refractivity contribution >= 4 is 17.9 Å². The van der Waals surface area contributed by atoms with E-state index in [1.807, 2.05) is 0 Å². The van der Waals surface area contributed by atoms with E-state index in [1.54, 1.807) is 0 Å². The minimum absolute atomic E-state index is 0.0927. The molecular weight excluding hydrogens is 223 g/mol. The van der Waals surface area contributed by atoms with Crippen LogP contribution in [-0.2, 0) is 6.18 Å². The summed E-state index contributed by atoms with van der Waals surface area (Å²) in [5.74, 6) is 0. The molecule has 1 rings (SSSR count). The number of nitrogens with zero attached hydrogens (tertiary/aromatic N) is 1. The number of aromatic nitrogens is 1. The Morgan fingerprint density at radius 1 is 1.50 bits per heavy atom. The number of hydrogen-bond donors (Lipinski definition) is 0. The van der Waals surface area contributed by atoms with Crippen LogP contribution in [0, 0.1) is 5.21 Å². The molecule has 0 aromatic carbocycles. The molecule has 0 aliphatic rings. The van der Waals surface area contributed by atoms with Crippen molar-refractivity contribution in [2.45, 2.75) is 6.18 Å². The topological polar surface area (TPSA) is 44.0 Å². The van der Waals surface area contributed by atoms with E-state index in [0.717, 1.165) is 0 Å². The van der Waals surface area contributed by atoms with E-state index >= 15 is 0 Å². The number of alkyl halides is 3. The lowest BCUT2D eigenvalue weighted by Gasteiger charge is -2.07. The number of hydrogen-bond acceptors (Lipinski definition) is 2. The summed E-state index contributed by atoms with van der Waals surface area (Å²) in [5.41, 5.74) is -1.73. The Balaban J connectivity index is 3.35. The van der Waals surface area contributed by atoms with E-state index in [-0.39, 0.29) is 17.2 Å². The zero-order chi connectivity index (χ0) is 10.9. The van der Waals surface area contributed by atoms with Crippen LogP contribution in [-0.4, -0.2) is 6.29 Å². The van der Waals surface area contributed by atoms with Gasteiger partial charge >= 0.3 is 6.18 Å². The van der Waals surface area contributed by atoms with Gasteiger partial charge in [0, 0.05) is 0 Å². The fourth-order valence-corrected chi connectivity index (χ4v) is 1.06. The van der Waals surface area contributed by atoms with Gasteiger partial charge in [-0.25, -0.2) is 0 Å². The molecule has 0 amide bonds. The molecule has 0 radical (unpaired) electrons. The second-order valence-corrected chi connectivity index (χ2v) is 2.81. The highest BCUT2D eigenvalue weighted by Crippen LogP contribution is 2.30. The first-order chi connectivity index (χ1) is 6.36. The van der Waals surface area contributed by atoms with Gasteiger partial charge in [0.05, 0.1) is 0 Å². The van der Waals surface area contributed by atoms with Crippen LogP contribution in [0.15, 0.2) is 12.3 Å². The van der Waals surface area contributed by atoms with Gasteiger partial charge in [-0.15, -0.1) is 0 Å². The minimum Gasteiger partial charge on any atom is -0.618 e. The molecule has 3 nitrogen and oxygen atoms in total. The summed E-state index contributed by atoms with van der Waals surface area (Å²) >= 11 is 5.29. The van der Waals surface area contributed by atoms with E-state index < -0.39 is 22.5 Å². The lowest BCUT2D eigenvalue weighted by Crippen LogP contribution is -2.33. The Morgan fingerprint density at radius 2 is 2.07 bits per heavy atom. The Labute approximate surface area is 81.3 Å². The predicted molar refractivity (Wildman–Crippen MR) is 40.8 cm³/mol. The number of halogens is 4. The Bertz CT molecular complexity index is 355. The molecular formula is C7H3ClF3NO2. The molecule has 1 aromatic heterocycles. The van der Waals surface area contributed by atoms with Crippen molar-refractivity contribution in [2.24, 2.45) is 0 Å². The van der Waals surface area contributed by atoms with Crippen molar-refractivity contribution in [3.63, 3.8) is 0 Å². The van der Waals surface area contributed by atoms with Crippen LogP contribution in [0.2, 0.25) is 5.02 Å². The zero-order valence-electron chi connectivity index (χ0n) is 6.51. The largest absolute Gasteiger partial charge is 0.618 e. The van der Waals surface area contributed by atoms with Gasteiger partial charge in [-0.1, -0.05) is 11.6 Å². The molecule has 0 unspecified atom stereocenters. The van der Waals surface area contributed by atoms with Crippen LogP contribution in [0.4, 0.5) is 13.2 Å².